The molecule has 0 radical (unpaired) electrons. The number of halogens is 2. The van der Waals surface area contributed by atoms with Crippen molar-refractivity contribution >= 4 is 38.3 Å². The topological polar surface area (TPSA) is 29.1 Å². The van der Waals surface area contributed by atoms with E-state index in [-0.39, 0.29) is 5.25 Å². The number of hydrogen-bond donors (Lipinski definition) is 1. The second kappa shape index (κ2) is 6.74. The van der Waals surface area contributed by atoms with E-state index < -0.39 is 10.8 Å². The highest BCUT2D eigenvalue weighted by molar-refractivity contribution is 9.10. The van der Waals surface area contributed by atoms with E-state index >= 15 is 0 Å². The van der Waals surface area contributed by atoms with Gasteiger partial charge in [-0.05, 0) is 24.6 Å². The Morgan fingerprint density at radius 2 is 2.25 bits per heavy atom. The lowest BCUT2D eigenvalue weighted by atomic mass is 10.2. The minimum Gasteiger partial charge on any atom is -0.311 e. The van der Waals surface area contributed by atoms with Crippen molar-refractivity contribution in [2.75, 3.05) is 12.8 Å². The Morgan fingerprint density at radius 1 is 1.56 bits per heavy atom. The fraction of sp³-hybridized carbons (Fsp3) is 0.455. The standard InChI is InChI=1S/C11H15BrClNOS/c1-8(16(2)15)6-14-7-9-3-4-10(13)5-11(9)12/h3-5,8,14H,6-7H2,1-2H3. The first-order chi connectivity index (χ1) is 7.50. The van der Waals surface area contributed by atoms with Crippen LogP contribution in [0.1, 0.15) is 12.5 Å². The third kappa shape index (κ3) is 4.53. The second-order valence-corrected chi connectivity index (χ2v) is 6.77. The van der Waals surface area contributed by atoms with Gasteiger partial charge in [-0.1, -0.05) is 33.6 Å². The lowest BCUT2D eigenvalue weighted by Gasteiger charge is -2.11. The number of nitrogens with one attached hydrogen (secondary N) is 1. The highest BCUT2D eigenvalue weighted by Gasteiger charge is 2.06. The molecule has 1 N–H and O–H groups in total. The first-order valence-corrected chi connectivity index (χ1v) is 7.77. The summed E-state index contributed by atoms with van der Waals surface area (Å²) in [4.78, 5) is 0. The van der Waals surface area contributed by atoms with Gasteiger partial charge in [-0.15, -0.1) is 0 Å². The van der Waals surface area contributed by atoms with Crippen LogP contribution in [-0.4, -0.2) is 22.3 Å². The summed E-state index contributed by atoms with van der Waals surface area (Å²) in [5, 5.41) is 4.17. The third-order valence-electron chi connectivity index (χ3n) is 2.33. The fourth-order valence-electron chi connectivity index (χ4n) is 1.19. The number of benzene rings is 1. The van der Waals surface area contributed by atoms with Crippen molar-refractivity contribution in [3.63, 3.8) is 0 Å². The van der Waals surface area contributed by atoms with Crippen molar-refractivity contribution in [3.8, 4) is 0 Å². The Kier molecular flexibility index (Phi) is 5.97. The summed E-state index contributed by atoms with van der Waals surface area (Å²) in [5.74, 6) is 0. The monoisotopic (exact) mass is 323 g/mol. The SMILES string of the molecule is CC(CNCc1ccc(Cl)cc1Br)S(C)=O. The van der Waals surface area contributed by atoms with Crippen molar-refractivity contribution in [1.29, 1.82) is 0 Å². The summed E-state index contributed by atoms with van der Waals surface area (Å²) in [6.07, 6.45) is 1.73. The van der Waals surface area contributed by atoms with Gasteiger partial charge in [-0.25, -0.2) is 0 Å². The Balaban J connectivity index is 2.46. The van der Waals surface area contributed by atoms with Crippen molar-refractivity contribution in [1.82, 2.24) is 5.32 Å². The number of rotatable bonds is 5. The molecule has 0 spiro atoms. The molecular weight excluding hydrogens is 310 g/mol. The first kappa shape index (κ1) is 14.2. The normalized spacial score (nSPS) is 14.8. The van der Waals surface area contributed by atoms with Crippen LogP contribution in [0.15, 0.2) is 22.7 Å². The van der Waals surface area contributed by atoms with Crippen LogP contribution in [-0.2, 0) is 17.3 Å². The van der Waals surface area contributed by atoms with Crippen LogP contribution < -0.4 is 5.32 Å². The van der Waals surface area contributed by atoms with Gasteiger partial charge in [0.15, 0.2) is 0 Å². The van der Waals surface area contributed by atoms with Crippen molar-refractivity contribution < 1.29 is 4.21 Å². The third-order valence-corrected chi connectivity index (χ3v) is 4.60. The van der Waals surface area contributed by atoms with Gasteiger partial charge in [0.2, 0.25) is 0 Å². The van der Waals surface area contributed by atoms with E-state index in [1.165, 1.54) is 0 Å². The molecule has 2 nitrogen and oxygen atoms in total. The van der Waals surface area contributed by atoms with Gasteiger partial charge in [0.1, 0.15) is 0 Å². The van der Waals surface area contributed by atoms with Crippen LogP contribution in [0.5, 0.6) is 0 Å². The van der Waals surface area contributed by atoms with Crippen LogP contribution in [0.25, 0.3) is 0 Å². The molecule has 0 aliphatic rings. The van der Waals surface area contributed by atoms with E-state index in [9.17, 15) is 4.21 Å². The maximum atomic E-state index is 11.1. The lowest BCUT2D eigenvalue weighted by molar-refractivity contribution is 0.646. The molecule has 0 aromatic heterocycles. The molecule has 1 aromatic carbocycles. The minimum absolute atomic E-state index is 0.172. The number of hydrogen-bond acceptors (Lipinski definition) is 2. The largest absolute Gasteiger partial charge is 0.311 e. The van der Waals surface area contributed by atoms with E-state index in [1.54, 1.807) is 6.26 Å². The summed E-state index contributed by atoms with van der Waals surface area (Å²) in [5.41, 5.74) is 1.15. The van der Waals surface area contributed by atoms with Crippen molar-refractivity contribution in [3.05, 3.63) is 33.3 Å². The molecule has 0 saturated carbocycles. The predicted molar refractivity (Wildman–Crippen MR) is 74.4 cm³/mol. The summed E-state index contributed by atoms with van der Waals surface area (Å²) in [6, 6.07) is 5.72. The summed E-state index contributed by atoms with van der Waals surface area (Å²) in [7, 11) is -0.773. The van der Waals surface area contributed by atoms with Crippen molar-refractivity contribution in [2.45, 2.75) is 18.7 Å². The van der Waals surface area contributed by atoms with E-state index in [0.717, 1.165) is 28.1 Å². The minimum atomic E-state index is -0.773. The second-order valence-electron chi connectivity index (χ2n) is 3.68. The van der Waals surface area contributed by atoms with E-state index in [1.807, 2.05) is 25.1 Å². The van der Waals surface area contributed by atoms with Gasteiger partial charge in [0, 0.05) is 44.9 Å². The van der Waals surface area contributed by atoms with Gasteiger partial charge in [0.25, 0.3) is 0 Å². The summed E-state index contributed by atoms with van der Waals surface area (Å²) in [6.45, 7) is 3.47. The van der Waals surface area contributed by atoms with Gasteiger partial charge in [0.05, 0.1) is 0 Å². The molecule has 0 amide bonds. The van der Waals surface area contributed by atoms with Gasteiger partial charge < -0.3 is 5.32 Å². The molecule has 0 saturated heterocycles. The fourth-order valence-corrected chi connectivity index (χ4v) is 2.37. The zero-order valence-corrected chi connectivity index (χ0v) is 12.5. The predicted octanol–water partition coefficient (Wildman–Crippen LogP) is 2.96. The van der Waals surface area contributed by atoms with E-state index in [2.05, 4.69) is 21.2 Å². The molecule has 2 unspecified atom stereocenters. The lowest BCUT2D eigenvalue weighted by Crippen LogP contribution is -2.27. The highest BCUT2D eigenvalue weighted by atomic mass is 79.9. The molecule has 0 aliphatic carbocycles. The highest BCUT2D eigenvalue weighted by Crippen LogP contribution is 2.21. The molecule has 0 bridgehead atoms. The van der Waals surface area contributed by atoms with E-state index in [4.69, 9.17) is 11.6 Å². The smallest absolute Gasteiger partial charge is 0.0441 e. The zero-order chi connectivity index (χ0) is 12.1. The average Bonchev–Trinajstić information content (AvgIpc) is 2.20. The first-order valence-electron chi connectivity index (χ1n) is 4.97. The van der Waals surface area contributed by atoms with Crippen molar-refractivity contribution in [2.24, 2.45) is 0 Å². The average molecular weight is 325 g/mol. The molecule has 1 rings (SSSR count). The maximum Gasteiger partial charge on any atom is 0.0441 e. The van der Waals surface area contributed by atoms with Gasteiger partial charge in [-0.3, -0.25) is 4.21 Å². The Morgan fingerprint density at radius 3 is 2.81 bits per heavy atom. The van der Waals surface area contributed by atoms with E-state index in [0.29, 0.717) is 0 Å². The molecule has 0 heterocycles. The van der Waals surface area contributed by atoms with Crippen LogP contribution >= 0.6 is 27.5 Å². The summed E-state index contributed by atoms with van der Waals surface area (Å²) < 4.78 is 12.1. The Hall–Kier alpha value is 0.1000. The van der Waals surface area contributed by atoms with Crippen LogP contribution in [0.2, 0.25) is 5.02 Å². The molecule has 90 valence electrons. The maximum absolute atomic E-state index is 11.1. The molecule has 5 heteroatoms. The molecule has 1 aromatic rings. The quantitative estimate of drug-likeness (QED) is 0.902. The molecule has 2 atom stereocenters. The summed E-state index contributed by atoms with van der Waals surface area (Å²) >= 11 is 9.31. The van der Waals surface area contributed by atoms with Gasteiger partial charge >= 0.3 is 0 Å². The Bertz CT molecular complexity index is 386. The van der Waals surface area contributed by atoms with Gasteiger partial charge in [-0.2, -0.15) is 0 Å². The molecule has 16 heavy (non-hydrogen) atoms. The molecule has 0 aliphatic heterocycles. The molecule has 0 fully saturated rings. The van der Waals surface area contributed by atoms with Crippen LogP contribution in [0, 0.1) is 0 Å². The van der Waals surface area contributed by atoms with Crippen LogP contribution in [0.4, 0.5) is 0 Å². The zero-order valence-electron chi connectivity index (χ0n) is 9.30. The van der Waals surface area contributed by atoms with Crippen LogP contribution in [0.3, 0.4) is 0 Å². The Labute approximate surface area is 112 Å². The molecular formula is C11H15BrClNOS.